The zero-order valence-electron chi connectivity index (χ0n) is 16.8. The Balaban J connectivity index is 1.68. The molecule has 3 aromatic rings. The first-order valence-corrected chi connectivity index (χ1v) is 9.98. The minimum absolute atomic E-state index is 0.0414. The Labute approximate surface area is 195 Å². The Bertz CT molecular complexity index is 1210. The van der Waals surface area contributed by atoms with Crippen LogP contribution in [0.15, 0.2) is 48.8 Å². The standard InChI is InChI=1S/C21H15Cl2F3N4O3/c1-11-15(22)9-28-19(17(11)23)30-16(31)10-33-20(32)14-6-3-7-27-18(14)29-13-5-2-4-12(8-13)21(24,25)26/h2-9H,10H2,1H3,(H,27,29)(H,28,30,31). The average Bonchev–Trinajstić information content (AvgIpc) is 2.78. The number of rotatable bonds is 6. The van der Waals surface area contributed by atoms with Crippen molar-refractivity contribution in [3.8, 4) is 0 Å². The van der Waals surface area contributed by atoms with Crippen molar-refractivity contribution in [1.29, 1.82) is 0 Å². The van der Waals surface area contributed by atoms with E-state index in [0.717, 1.165) is 12.1 Å². The van der Waals surface area contributed by atoms with Gasteiger partial charge in [0.1, 0.15) is 11.4 Å². The van der Waals surface area contributed by atoms with Gasteiger partial charge in [-0.1, -0.05) is 29.3 Å². The van der Waals surface area contributed by atoms with Crippen LogP contribution >= 0.6 is 23.2 Å². The molecule has 1 aromatic carbocycles. The van der Waals surface area contributed by atoms with Gasteiger partial charge in [-0.05, 0) is 42.8 Å². The van der Waals surface area contributed by atoms with Crippen LogP contribution in [0.3, 0.4) is 0 Å². The van der Waals surface area contributed by atoms with E-state index >= 15 is 0 Å². The highest BCUT2D eigenvalue weighted by molar-refractivity contribution is 6.37. The van der Waals surface area contributed by atoms with Gasteiger partial charge in [-0.25, -0.2) is 14.8 Å². The van der Waals surface area contributed by atoms with Crippen molar-refractivity contribution >= 4 is 52.4 Å². The Morgan fingerprint density at radius 3 is 2.58 bits per heavy atom. The number of pyridine rings is 2. The van der Waals surface area contributed by atoms with Gasteiger partial charge in [-0.3, -0.25) is 4.79 Å². The number of amides is 1. The van der Waals surface area contributed by atoms with Crippen molar-refractivity contribution in [3.63, 3.8) is 0 Å². The van der Waals surface area contributed by atoms with Crippen molar-refractivity contribution < 1.29 is 27.5 Å². The Hall–Kier alpha value is -3.37. The fourth-order valence-corrected chi connectivity index (χ4v) is 2.99. The molecule has 172 valence electrons. The molecule has 0 spiro atoms. The maximum absolute atomic E-state index is 12.9. The molecule has 0 atom stereocenters. The third-order valence-electron chi connectivity index (χ3n) is 4.27. The summed E-state index contributed by atoms with van der Waals surface area (Å²) in [6, 6.07) is 7.19. The summed E-state index contributed by atoms with van der Waals surface area (Å²) in [5.41, 5.74) is -0.370. The van der Waals surface area contributed by atoms with Crippen molar-refractivity contribution in [2.75, 3.05) is 17.2 Å². The highest BCUT2D eigenvalue weighted by Gasteiger charge is 2.30. The van der Waals surface area contributed by atoms with Crippen molar-refractivity contribution in [3.05, 3.63) is 75.5 Å². The molecule has 2 heterocycles. The van der Waals surface area contributed by atoms with Gasteiger partial charge in [-0.2, -0.15) is 13.2 Å². The van der Waals surface area contributed by atoms with Gasteiger partial charge in [0.15, 0.2) is 12.4 Å². The lowest BCUT2D eigenvalue weighted by Crippen LogP contribution is -2.22. The van der Waals surface area contributed by atoms with Crippen LogP contribution in [0.1, 0.15) is 21.5 Å². The maximum atomic E-state index is 12.9. The van der Waals surface area contributed by atoms with E-state index in [9.17, 15) is 22.8 Å². The van der Waals surface area contributed by atoms with E-state index in [1.807, 2.05) is 0 Å². The second-order valence-corrected chi connectivity index (χ2v) is 7.41. The van der Waals surface area contributed by atoms with Crippen LogP contribution in [-0.2, 0) is 15.7 Å². The molecule has 0 radical (unpaired) electrons. The lowest BCUT2D eigenvalue weighted by Gasteiger charge is -2.13. The number of hydrogen-bond donors (Lipinski definition) is 2. The topological polar surface area (TPSA) is 93.2 Å². The minimum Gasteiger partial charge on any atom is -0.452 e. The third kappa shape index (κ3) is 6.11. The molecule has 7 nitrogen and oxygen atoms in total. The molecule has 33 heavy (non-hydrogen) atoms. The van der Waals surface area contributed by atoms with E-state index in [2.05, 4.69) is 20.6 Å². The van der Waals surface area contributed by atoms with Crippen LogP contribution in [0.4, 0.5) is 30.5 Å². The first kappa shape index (κ1) is 24.3. The largest absolute Gasteiger partial charge is 0.452 e. The van der Waals surface area contributed by atoms with Crippen LogP contribution in [-0.4, -0.2) is 28.5 Å². The first-order chi connectivity index (χ1) is 15.6. The predicted molar refractivity (Wildman–Crippen MR) is 117 cm³/mol. The van der Waals surface area contributed by atoms with E-state index in [0.29, 0.717) is 10.6 Å². The summed E-state index contributed by atoms with van der Waals surface area (Å²) in [7, 11) is 0. The van der Waals surface area contributed by atoms with Gasteiger partial charge < -0.3 is 15.4 Å². The summed E-state index contributed by atoms with van der Waals surface area (Å²) in [4.78, 5) is 32.5. The van der Waals surface area contributed by atoms with Gasteiger partial charge in [-0.15, -0.1) is 0 Å². The molecule has 2 aromatic heterocycles. The van der Waals surface area contributed by atoms with Crippen LogP contribution < -0.4 is 10.6 Å². The zero-order chi connectivity index (χ0) is 24.2. The molecule has 3 rings (SSSR count). The van der Waals surface area contributed by atoms with Gasteiger partial charge in [0.25, 0.3) is 5.91 Å². The Morgan fingerprint density at radius 2 is 1.85 bits per heavy atom. The van der Waals surface area contributed by atoms with E-state index in [-0.39, 0.29) is 27.9 Å². The van der Waals surface area contributed by atoms with Crippen LogP contribution in [0.5, 0.6) is 0 Å². The summed E-state index contributed by atoms with van der Waals surface area (Å²) in [6.45, 7) is 0.972. The summed E-state index contributed by atoms with van der Waals surface area (Å²) < 4.78 is 43.8. The van der Waals surface area contributed by atoms with Crippen LogP contribution in [0.25, 0.3) is 0 Å². The SMILES string of the molecule is Cc1c(Cl)cnc(NC(=O)COC(=O)c2cccnc2Nc2cccc(C(F)(F)F)c2)c1Cl. The summed E-state index contributed by atoms with van der Waals surface area (Å²) >= 11 is 12.0. The number of carbonyl (C=O) groups excluding carboxylic acids is 2. The monoisotopic (exact) mass is 498 g/mol. The summed E-state index contributed by atoms with van der Waals surface area (Å²) in [5, 5.41) is 5.53. The average molecular weight is 499 g/mol. The maximum Gasteiger partial charge on any atom is 0.416 e. The molecule has 0 saturated heterocycles. The first-order valence-electron chi connectivity index (χ1n) is 9.23. The number of esters is 1. The predicted octanol–water partition coefficient (Wildman–Crippen LogP) is 5.65. The van der Waals surface area contributed by atoms with Crippen LogP contribution in [0.2, 0.25) is 10.0 Å². The minimum atomic E-state index is -4.53. The number of alkyl halides is 3. The fourth-order valence-electron chi connectivity index (χ4n) is 2.60. The number of benzene rings is 1. The van der Waals surface area contributed by atoms with E-state index in [4.69, 9.17) is 27.9 Å². The Kier molecular flexibility index (Phi) is 7.39. The number of nitrogens with one attached hydrogen (secondary N) is 2. The quantitative estimate of drug-likeness (QED) is 0.426. The lowest BCUT2D eigenvalue weighted by atomic mass is 10.2. The molecular weight excluding hydrogens is 484 g/mol. The molecule has 1 amide bonds. The number of carbonyl (C=O) groups is 2. The Morgan fingerprint density at radius 1 is 1.09 bits per heavy atom. The zero-order valence-corrected chi connectivity index (χ0v) is 18.3. The van der Waals surface area contributed by atoms with Crippen molar-refractivity contribution in [2.45, 2.75) is 13.1 Å². The van der Waals surface area contributed by atoms with Crippen molar-refractivity contribution in [2.24, 2.45) is 0 Å². The van der Waals surface area contributed by atoms with Crippen LogP contribution in [0, 0.1) is 6.92 Å². The highest BCUT2D eigenvalue weighted by atomic mass is 35.5. The highest BCUT2D eigenvalue weighted by Crippen LogP contribution is 2.32. The molecule has 0 unspecified atom stereocenters. The fraction of sp³-hybridized carbons (Fsp3) is 0.143. The van der Waals surface area contributed by atoms with Gasteiger partial charge in [0, 0.05) is 18.1 Å². The number of anilines is 3. The molecule has 0 aliphatic rings. The molecule has 2 N–H and O–H groups in total. The molecule has 0 bridgehead atoms. The number of hydrogen-bond acceptors (Lipinski definition) is 6. The normalized spacial score (nSPS) is 11.1. The molecular formula is C21H15Cl2F3N4O3. The number of ether oxygens (including phenoxy) is 1. The number of halogens is 5. The molecule has 0 saturated carbocycles. The second kappa shape index (κ2) is 10.1. The third-order valence-corrected chi connectivity index (χ3v) is 5.12. The van der Waals surface area contributed by atoms with Gasteiger partial charge in [0.05, 0.1) is 15.6 Å². The van der Waals surface area contributed by atoms with E-state index in [1.54, 1.807) is 6.92 Å². The lowest BCUT2D eigenvalue weighted by molar-refractivity contribution is -0.137. The summed E-state index contributed by atoms with van der Waals surface area (Å²) in [6.07, 6.45) is -1.88. The smallest absolute Gasteiger partial charge is 0.416 e. The van der Waals surface area contributed by atoms with E-state index in [1.165, 1.54) is 36.7 Å². The van der Waals surface area contributed by atoms with Gasteiger partial charge in [0.2, 0.25) is 0 Å². The van der Waals surface area contributed by atoms with Crippen molar-refractivity contribution in [1.82, 2.24) is 9.97 Å². The molecule has 0 fully saturated rings. The van der Waals surface area contributed by atoms with E-state index < -0.39 is 30.2 Å². The van der Waals surface area contributed by atoms with Gasteiger partial charge >= 0.3 is 12.1 Å². The number of aromatic nitrogens is 2. The second-order valence-electron chi connectivity index (χ2n) is 6.62. The summed E-state index contributed by atoms with van der Waals surface area (Å²) in [5.74, 6) is -1.62. The molecule has 12 heteroatoms. The number of nitrogens with zero attached hydrogens (tertiary/aromatic N) is 2. The molecule has 0 aliphatic carbocycles. The molecule has 0 aliphatic heterocycles.